The lowest BCUT2D eigenvalue weighted by Gasteiger charge is -2.09. The number of aromatic nitrogens is 6. The van der Waals surface area contributed by atoms with Crippen LogP contribution in [-0.4, -0.2) is 42.5 Å². The van der Waals surface area contributed by atoms with Gasteiger partial charge < -0.3 is 10.1 Å². The van der Waals surface area contributed by atoms with Crippen LogP contribution in [0, 0.1) is 6.92 Å². The molecule has 0 unspecified atom stereocenters. The molecule has 0 aliphatic carbocycles. The predicted molar refractivity (Wildman–Crippen MR) is 124 cm³/mol. The lowest BCUT2D eigenvalue weighted by molar-refractivity contribution is -0.115. The zero-order chi connectivity index (χ0) is 22.8. The number of carbonyl (C=O) groups is 1. The Kier molecular flexibility index (Phi) is 5.27. The molecule has 9 nitrogen and oxygen atoms in total. The molecule has 0 bridgehead atoms. The summed E-state index contributed by atoms with van der Waals surface area (Å²) in [6.45, 7) is 1.86. The van der Waals surface area contributed by atoms with Crippen molar-refractivity contribution < 1.29 is 9.53 Å². The number of benzene rings is 2. The van der Waals surface area contributed by atoms with Crippen LogP contribution < -0.4 is 10.1 Å². The highest BCUT2D eigenvalue weighted by Gasteiger charge is 2.17. The number of ether oxygens (including phenoxy) is 1. The van der Waals surface area contributed by atoms with Crippen molar-refractivity contribution in [2.75, 3.05) is 12.4 Å². The summed E-state index contributed by atoms with van der Waals surface area (Å²) in [4.78, 5) is 21.6. The van der Waals surface area contributed by atoms with Gasteiger partial charge in [0.1, 0.15) is 17.9 Å². The standard InChI is InChI=1S/C24H21N7O2/c1-16-12-21(28-22(32)13-17-8-10-19(33-2)11-9-17)31(29-16)24-20-14-27-30(23(20)25-15-26-24)18-6-4-3-5-7-18/h3-12,14-15H,13H2,1-2H3,(H,28,32). The van der Waals surface area contributed by atoms with Crippen molar-refractivity contribution in [2.24, 2.45) is 0 Å². The summed E-state index contributed by atoms with van der Waals surface area (Å²) in [5, 5.41) is 12.7. The molecule has 33 heavy (non-hydrogen) atoms. The first-order valence-electron chi connectivity index (χ1n) is 10.4. The minimum Gasteiger partial charge on any atom is -0.497 e. The number of hydrogen-bond donors (Lipinski definition) is 1. The van der Waals surface area contributed by atoms with Crippen LogP contribution in [0.1, 0.15) is 11.3 Å². The maximum atomic E-state index is 12.7. The van der Waals surface area contributed by atoms with Gasteiger partial charge in [0, 0.05) is 6.07 Å². The highest BCUT2D eigenvalue weighted by molar-refractivity contribution is 5.92. The van der Waals surface area contributed by atoms with E-state index in [1.807, 2.05) is 67.6 Å². The molecule has 0 saturated heterocycles. The van der Waals surface area contributed by atoms with Crippen LogP contribution in [0.5, 0.6) is 5.75 Å². The van der Waals surface area contributed by atoms with Gasteiger partial charge in [0.05, 0.1) is 36.5 Å². The Morgan fingerprint density at radius 1 is 1.03 bits per heavy atom. The maximum Gasteiger partial charge on any atom is 0.229 e. The van der Waals surface area contributed by atoms with Crippen molar-refractivity contribution in [2.45, 2.75) is 13.3 Å². The molecule has 164 valence electrons. The highest BCUT2D eigenvalue weighted by atomic mass is 16.5. The zero-order valence-electron chi connectivity index (χ0n) is 18.1. The molecule has 0 fully saturated rings. The van der Waals surface area contributed by atoms with Crippen LogP contribution in [0.3, 0.4) is 0 Å². The van der Waals surface area contributed by atoms with Crippen LogP contribution in [0.2, 0.25) is 0 Å². The van der Waals surface area contributed by atoms with Gasteiger partial charge in [0.25, 0.3) is 0 Å². The quantitative estimate of drug-likeness (QED) is 0.435. The van der Waals surface area contributed by atoms with E-state index in [9.17, 15) is 4.79 Å². The highest BCUT2D eigenvalue weighted by Crippen LogP contribution is 2.24. The minimum atomic E-state index is -0.161. The van der Waals surface area contributed by atoms with Crippen molar-refractivity contribution in [3.05, 3.63) is 84.4 Å². The maximum absolute atomic E-state index is 12.7. The average Bonchev–Trinajstić information content (AvgIpc) is 3.43. The SMILES string of the molecule is COc1ccc(CC(=O)Nc2cc(C)nn2-c2ncnc3c2cnn3-c2ccccc2)cc1. The fourth-order valence-electron chi connectivity index (χ4n) is 3.62. The third-order valence-corrected chi connectivity index (χ3v) is 5.17. The summed E-state index contributed by atoms with van der Waals surface area (Å²) in [6, 6.07) is 19.0. The normalized spacial score (nSPS) is 11.0. The molecule has 2 aromatic carbocycles. The molecule has 9 heteroatoms. The minimum absolute atomic E-state index is 0.161. The number of carbonyl (C=O) groups excluding carboxylic acids is 1. The lowest BCUT2D eigenvalue weighted by Crippen LogP contribution is -2.17. The monoisotopic (exact) mass is 439 g/mol. The molecular weight excluding hydrogens is 418 g/mol. The summed E-state index contributed by atoms with van der Waals surface area (Å²) < 4.78 is 8.53. The first kappa shape index (κ1) is 20.4. The fourth-order valence-corrected chi connectivity index (χ4v) is 3.62. The Morgan fingerprint density at radius 3 is 2.58 bits per heavy atom. The van der Waals surface area contributed by atoms with Crippen molar-refractivity contribution >= 4 is 22.8 Å². The zero-order valence-corrected chi connectivity index (χ0v) is 18.1. The van der Waals surface area contributed by atoms with E-state index in [2.05, 4.69) is 25.5 Å². The number of amides is 1. The fraction of sp³-hybridized carbons (Fsp3) is 0.125. The van der Waals surface area contributed by atoms with Crippen molar-refractivity contribution in [1.82, 2.24) is 29.5 Å². The van der Waals surface area contributed by atoms with Crippen molar-refractivity contribution in [3.63, 3.8) is 0 Å². The Bertz CT molecular complexity index is 1420. The van der Waals surface area contributed by atoms with Crippen LogP contribution in [0.4, 0.5) is 5.82 Å². The van der Waals surface area contributed by atoms with Crippen molar-refractivity contribution in [3.8, 4) is 17.3 Å². The number of fused-ring (bicyclic) bond motifs is 1. The number of para-hydroxylation sites is 1. The molecule has 5 aromatic rings. The largest absolute Gasteiger partial charge is 0.497 e. The Balaban J connectivity index is 1.46. The molecule has 1 amide bonds. The molecule has 0 atom stereocenters. The van der Waals surface area contributed by atoms with Crippen LogP contribution in [-0.2, 0) is 11.2 Å². The van der Waals surface area contributed by atoms with Crippen molar-refractivity contribution in [1.29, 1.82) is 0 Å². The molecule has 0 aliphatic heterocycles. The molecule has 1 N–H and O–H groups in total. The third-order valence-electron chi connectivity index (χ3n) is 5.17. The van der Waals surface area contributed by atoms with E-state index in [4.69, 9.17) is 4.74 Å². The van der Waals surface area contributed by atoms with E-state index < -0.39 is 0 Å². The molecule has 0 spiro atoms. The van der Waals surface area contributed by atoms with Gasteiger partial charge in [-0.15, -0.1) is 0 Å². The number of nitrogens with zero attached hydrogens (tertiary/aromatic N) is 6. The van der Waals surface area contributed by atoms with Gasteiger partial charge in [0.15, 0.2) is 11.5 Å². The summed E-state index contributed by atoms with van der Waals surface area (Å²) >= 11 is 0. The van der Waals surface area contributed by atoms with E-state index in [0.717, 1.165) is 28.1 Å². The molecule has 0 saturated carbocycles. The number of nitrogens with one attached hydrogen (secondary N) is 1. The third kappa shape index (κ3) is 4.03. The number of rotatable bonds is 6. The van der Waals surface area contributed by atoms with Gasteiger partial charge in [-0.2, -0.15) is 14.9 Å². The van der Waals surface area contributed by atoms with E-state index in [1.165, 1.54) is 6.33 Å². The molecule has 0 aliphatic rings. The smallest absolute Gasteiger partial charge is 0.229 e. The van der Waals surface area contributed by atoms with Gasteiger partial charge >= 0.3 is 0 Å². The second-order valence-electron chi connectivity index (χ2n) is 7.48. The van der Waals surface area contributed by atoms with E-state index in [0.29, 0.717) is 17.3 Å². The number of anilines is 1. The van der Waals surface area contributed by atoms with E-state index >= 15 is 0 Å². The summed E-state index contributed by atoms with van der Waals surface area (Å²) in [7, 11) is 1.61. The number of aryl methyl sites for hydroxylation is 1. The summed E-state index contributed by atoms with van der Waals surface area (Å²) in [5.41, 5.74) is 3.17. The van der Waals surface area contributed by atoms with Crippen LogP contribution >= 0.6 is 0 Å². The summed E-state index contributed by atoms with van der Waals surface area (Å²) in [5.74, 6) is 1.65. The molecule has 5 rings (SSSR count). The van der Waals surface area contributed by atoms with Crippen LogP contribution in [0.25, 0.3) is 22.5 Å². The molecular formula is C24H21N7O2. The topological polar surface area (TPSA) is 99.8 Å². The number of methoxy groups -OCH3 is 1. The Labute approximate surface area is 189 Å². The second-order valence-corrected chi connectivity index (χ2v) is 7.48. The second kappa shape index (κ2) is 8.54. The van der Waals surface area contributed by atoms with Crippen LogP contribution in [0.15, 0.2) is 73.2 Å². The van der Waals surface area contributed by atoms with Gasteiger partial charge in [-0.1, -0.05) is 30.3 Å². The first-order valence-corrected chi connectivity index (χ1v) is 10.4. The molecule has 0 radical (unpaired) electrons. The Morgan fingerprint density at radius 2 is 1.82 bits per heavy atom. The van der Waals surface area contributed by atoms with E-state index in [1.54, 1.807) is 22.7 Å². The number of hydrogen-bond acceptors (Lipinski definition) is 6. The van der Waals surface area contributed by atoms with Gasteiger partial charge in [0.2, 0.25) is 5.91 Å². The average molecular weight is 439 g/mol. The lowest BCUT2D eigenvalue weighted by atomic mass is 10.1. The van der Waals surface area contributed by atoms with E-state index in [-0.39, 0.29) is 12.3 Å². The molecule has 3 heterocycles. The first-order chi connectivity index (χ1) is 16.1. The van der Waals surface area contributed by atoms with Gasteiger partial charge in [-0.25, -0.2) is 14.6 Å². The summed E-state index contributed by atoms with van der Waals surface area (Å²) in [6.07, 6.45) is 3.40. The molecule has 3 aromatic heterocycles. The Hall–Kier alpha value is -4.53. The predicted octanol–water partition coefficient (Wildman–Crippen LogP) is 3.50. The van der Waals surface area contributed by atoms with Gasteiger partial charge in [-0.3, -0.25) is 4.79 Å². The van der Waals surface area contributed by atoms with Gasteiger partial charge in [-0.05, 0) is 36.8 Å².